The van der Waals surface area contributed by atoms with Crippen molar-refractivity contribution in [2.75, 3.05) is 0 Å². The fourth-order valence-electron chi connectivity index (χ4n) is 3.82. The van der Waals surface area contributed by atoms with Gasteiger partial charge in [-0.1, -0.05) is 56.2 Å². The van der Waals surface area contributed by atoms with Gasteiger partial charge < -0.3 is 4.74 Å². The summed E-state index contributed by atoms with van der Waals surface area (Å²) in [5.41, 5.74) is 3.68. The highest BCUT2D eigenvalue weighted by atomic mass is 16.5. The van der Waals surface area contributed by atoms with Crippen molar-refractivity contribution >= 4 is 5.97 Å². The van der Waals surface area contributed by atoms with Crippen LogP contribution < -0.4 is 4.74 Å². The minimum atomic E-state index is -0.166. The van der Waals surface area contributed by atoms with Gasteiger partial charge in [-0.3, -0.25) is 4.79 Å². The zero-order valence-corrected chi connectivity index (χ0v) is 16.7. The number of aryl methyl sites for hydroxylation is 1. The standard InChI is InChI=1S/C25H29NO2/c1-2-3-4-5-19-6-10-21(11-7-19)22-14-16-24(17-15-22)28-25(27)23-12-8-20(18-26)9-13-23/h6-7,10-11,14-17,20,23H,2-5,8-9,12-13H2,1H3/t20-,23-. The van der Waals surface area contributed by atoms with Gasteiger partial charge in [0.2, 0.25) is 0 Å². The normalized spacial score (nSPS) is 19.0. The zero-order chi connectivity index (χ0) is 19.8. The van der Waals surface area contributed by atoms with Crippen molar-refractivity contribution in [3.8, 4) is 22.9 Å². The van der Waals surface area contributed by atoms with Gasteiger partial charge in [-0.05, 0) is 67.3 Å². The molecule has 0 amide bonds. The van der Waals surface area contributed by atoms with Gasteiger partial charge in [-0.15, -0.1) is 0 Å². The number of carbonyl (C=O) groups excluding carboxylic acids is 1. The molecule has 0 radical (unpaired) electrons. The number of esters is 1. The van der Waals surface area contributed by atoms with Crippen LogP contribution in [0.3, 0.4) is 0 Å². The van der Waals surface area contributed by atoms with E-state index in [0.717, 1.165) is 37.7 Å². The molecular weight excluding hydrogens is 346 g/mol. The summed E-state index contributed by atoms with van der Waals surface area (Å²) in [6.07, 6.45) is 8.00. The van der Waals surface area contributed by atoms with Crippen molar-refractivity contribution in [3.63, 3.8) is 0 Å². The monoisotopic (exact) mass is 375 g/mol. The fraction of sp³-hybridized carbons (Fsp3) is 0.440. The van der Waals surface area contributed by atoms with Crippen molar-refractivity contribution in [3.05, 3.63) is 54.1 Å². The molecule has 0 aromatic heterocycles. The van der Waals surface area contributed by atoms with Crippen LogP contribution in [-0.2, 0) is 11.2 Å². The van der Waals surface area contributed by atoms with E-state index in [-0.39, 0.29) is 17.8 Å². The van der Waals surface area contributed by atoms with Crippen LogP contribution in [0.2, 0.25) is 0 Å². The number of hydrogen-bond acceptors (Lipinski definition) is 3. The second-order valence-electron chi connectivity index (χ2n) is 7.78. The molecule has 0 atom stereocenters. The van der Waals surface area contributed by atoms with E-state index >= 15 is 0 Å². The Morgan fingerprint density at radius 2 is 1.57 bits per heavy atom. The number of nitriles is 1. The Morgan fingerprint density at radius 1 is 0.964 bits per heavy atom. The Kier molecular flexibility index (Phi) is 7.25. The summed E-state index contributed by atoms with van der Waals surface area (Å²) in [4.78, 5) is 12.4. The lowest BCUT2D eigenvalue weighted by Gasteiger charge is -2.23. The number of ether oxygens (including phenoxy) is 1. The zero-order valence-electron chi connectivity index (χ0n) is 16.7. The lowest BCUT2D eigenvalue weighted by atomic mass is 9.83. The van der Waals surface area contributed by atoms with Gasteiger partial charge in [0.25, 0.3) is 0 Å². The second-order valence-corrected chi connectivity index (χ2v) is 7.78. The lowest BCUT2D eigenvalue weighted by molar-refractivity contribution is -0.140. The van der Waals surface area contributed by atoms with E-state index in [0.29, 0.717) is 5.75 Å². The number of rotatable bonds is 7. The van der Waals surface area contributed by atoms with Gasteiger partial charge in [0, 0.05) is 5.92 Å². The van der Waals surface area contributed by atoms with Crippen molar-refractivity contribution in [1.82, 2.24) is 0 Å². The first-order valence-electron chi connectivity index (χ1n) is 10.5. The number of hydrogen-bond donors (Lipinski definition) is 0. The van der Waals surface area contributed by atoms with Gasteiger partial charge >= 0.3 is 5.97 Å². The Bertz CT molecular complexity index is 794. The van der Waals surface area contributed by atoms with Crippen LogP contribution in [0.15, 0.2) is 48.5 Å². The van der Waals surface area contributed by atoms with Crippen molar-refractivity contribution in [2.45, 2.75) is 58.3 Å². The molecule has 1 aliphatic carbocycles. The number of unbranched alkanes of at least 4 members (excludes halogenated alkanes) is 2. The molecule has 3 heteroatoms. The smallest absolute Gasteiger partial charge is 0.314 e. The van der Waals surface area contributed by atoms with Gasteiger partial charge in [-0.2, -0.15) is 5.26 Å². The van der Waals surface area contributed by atoms with Gasteiger partial charge in [0.15, 0.2) is 0 Å². The predicted octanol–water partition coefficient (Wildman–Crippen LogP) is 6.32. The average Bonchev–Trinajstić information content (AvgIpc) is 2.75. The molecule has 0 heterocycles. The van der Waals surface area contributed by atoms with Crippen LogP contribution in [0, 0.1) is 23.2 Å². The summed E-state index contributed by atoms with van der Waals surface area (Å²) in [6, 6.07) is 18.8. The van der Waals surface area contributed by atoms with Crippen molar-refractivity contribution < 1.29 is 9.53 Å². The average molecular weight is 376 g/mol. The van der Waals surface area contributed by atoms with Crippen LogP contribution in [0.25, 0.3) is 11.1 Å². The summed E-state index contributed by atoms with van der Waals surface area (Å²) in [5, 5.41) is 8.97. The van der Waals surface area contributed by atoms with Gasteiger partial charge in [0.1, 0.15) is 5.75 Å². The summed E-state index contributed by atoms with van der Waals surface area (Å²) >= 11 is 0. The number of carbonyl (C=O) groups is 1. The first-order chi connectivity index (χ1) is 13.7. The SMILES string of the molecule is CCCCCc1ccc(-c2ccc(OC(=O)[C@H]3CC[C@H](C#N)CC3)cc2)cc1. The molecule has 0 bridgehead atoms. The molecule has 1 aliphatic rings. The molecule has 0 saturated heterocycles. The highest BCUT2D eigenvalue weighted by molar-refractivity contribution is 5.75. The molecule has 0 aliphatic heterocycles. The third-order valence-electron chi connectivity index (χ3n) is 5.67. The maximum atomic E-state index is 12.4. The molecule has 0 spiro atoms. The number of nitrogens with zero attached hydrogens (tertiary/aromatic N) is 1. The summed E-state index contributed by atoms with van der Waals surface area (Å²) in [7, 11) is 0. The molecule has 0 unspecified atom stereocenters. The van der Waals surface area contributed by atoms with Crippen LogP contribution in [-0.4, -0.2) is 5.97 Å². The minimum absolute atomic E-state index is 0.0791. The van der Waals surface area contributed by atoms with E-state index < -0.39 is 0 Å². The molecule has 2 aromatic rings. The Morgan fingerprint density at radius 3 is 2.14 bits per heavy atom. The first kappa shape index (κ1) is 20.1. The number of benzene rings is 2. The van der Waals surface area contributed by atoms with E-state index in [2.05, 4.69) is 37.3 Å². The van der Waals surface area contributed by atoms with E-state index in [1.54, 1.807) is 0 Å². The molecular formula is C25H29NO2. The Labute approximate surface area is 168 Å². The fourth-order valence-corrected chi connectivity index (χ4v) is 3.82. The molecule has 3 nitrogen and oxygen atoms in total. The van der Waals surface area contributed by atoms with Crippen LogP contribution >= 0.6 is 0 Å². The highest BCUT2D eigenvalue weighted by Gasteiger charge is 2.27. The van der Waals surface area contributed by atoms with Gasteiger partial charge in [0.05, 0.1) is 12.0 Å². The predicted molar refractivity (Wildman–Crippen MR) is 112 cm³/mol. The Balaban J connectivity index is 1.55. The Hall–Kier alpha value is -2.60. The van der Waals surface area contributed by atoms with Crippen LogP contribution in [0.5, 0.6) is 5.75 Å². The molecule has 28 heavy (non-hydrogen) atoms. The molecule has 3 rings (SSSR count). The third kappa shape index (κ3) is 5.45. The summed E-state index contributed by atoms with van der Waals surface area (Å²) < 4.78 is 5.57. The molecule has 2 aromatic carbocycles. The molecule has 146 valence electrons. The largest absolute Gasteiger partial charge is 0.426 e. The van der Waals surface area contributed by atoms with E-state index in [9.17, 15) is 4.79 Å². The maximum absolute atomic E-state index is 12.4. The summed E-state index contributed by atoms with van der Waals surface area (Å²) in [6.45, 7) is 2.23. The quantitative estimate of drug-likeness (QED) is 0.323. The van der Waals surface area contributed by atoms with Crippen molar-refractivity contribution in [2.24, 2.45) is 11.8 Å². The van der Waals surface area contributed by atoms with Crippen molar-refractivity contribution in [1.29, 1.82) is 5.26 Å². The minimum Gasteiger partial charge on any atom is -0.426 e. The van der Waals surface area contributed by atoms with Gasteiger partial charge in [-0.25, -0.2) is 0 Å². The second kappa shape index (κ2) is 10.1. The molecule has 0 N–H and O–H groups in total. The van der Waals surface area contributed by atoms with E-state index in [1.165, 1.54) is 30.4 Å². The lowest BCUT2D eigenvalue weighted by Crippen LogP contribution is -2.25. The van der Waals surface area contributed by atoms with E-state index in [1.807, 2.05) is 24.3 Å². The molecule has 1 fully saturated rings. The van der Waals surface area contributed by atoms with Crippen LogP contribution in [0.4, 0.5) is 0 Å². The topological polar surface area (TPSA) is 50.1 Å². The first-order valence-corrected chi connectivity index (χ1v) is 10.5. The highest BCUT2D eigenvalue weighted by Crippen LogP contribution is 2.30. The third-order valence-corrected chi connectivity index (χ3v) is 5.67. The van der Waals surface area contributed by atoms with Crippen LogP contribution in [0.1, 0.15) is 57.4 Å². The summed E-state index contributed by atoms with van der Waals surface area (Å²) in [5.74, 6) is 0.443. The molecule has 1 saturated carbocycles. The maximum Gasteiger partial charge on any atom is 0.314 e. The van der Waals surface area contributed by atoms with E-state index in [4.69, 9.17) is 10.00 Å².